The maximum atomic E-state index is 15.5. The van der Waals surface area contributed by atoms with E-state index in [2.05, 4.69) is 74.4 Å². The SMILES string of the molecule is CCc1c2c(CC)c3c(CC)c1CNC(=O)Nc1ccc(C(=O)NC(CCC(=O)OC(C)(C)C)(CCC(=O)OC(C)(C)C)CCC(=O)OC(C)(C)C)cc1NC(=O)NCc1c(CC)c(c(CC)c(c1CC)CNC(=O)Nc1cc(C(=O)NC(CCC(=O)OC(C)(C)C)(CCC(=O)OC(C)(C)C)CCC(=O)OC(C)(C)C)ccc1NC(=O)NC3)CNC(=O)Nc1cc(C=O)ccc1NC(=O)NC2. The molecule has 0 atom stereocenters. The molecule has 0 aliphatic carbocycles. The van der Waals surface area contributed by atoms with Crippen molar-refractivity contribution >= 4 is 124 Å². The molecule has 3 heterocycles. The average Bonchev–Trinajstić information content (AvgIpc) is 0.767. The highest BCUT2D eigenvalue weighted by molar-refractivity contribution is 6.05. The molecule has 5 aromatic carbocycles. The van der Waals surface area contributed by atoms with Gasteiger partial charge in [0.2, 0.25) is 0 Å². The Morgan fingerprint density at radius 2 is 0.463 bits per heavy atom. The first-order chi connectivity index (χ1) is 63.4. The Morgan fingerprint density at radius 1 is 0.279 bits per heavy atom. The molecule has 35 heteroatoms. The number of benzene rings is 5. The minimum Gasteiger partial charge on any atom is -0.460 e. The summed E-state index contributed by atoms with van der Waals surface area (Å²) in [6.07, 6.45) is -0.273. The summed E-state index contributed by atoms with van der Waals surface area (Å²) in [5.74, 6) is -5.37. The van der Waals surface area contributed by atoms with Crippen LogP contribution in [0.1, 0.15) is 341 Å². The number of aldehydes is 1. The van der Waals surface area contributed by atoms with Crippen LogP contribution in [0.25, 0.3) is 0 Å². The van der Waals surface area contributed by atoms with E-state index in [9.17, 15) is 43.2 Å². The van der Waals surface area contributed by atoms with Crippen molar-refractivity contribution < 1.29 is 100 Å². The molecule has 0 saturated carbocycles. The molecule has 0 aromatic heterocycles. The third-order valence-corrected chi connectivity index (χ3v) is 22.4. The van der Waals surface area contributed by atoms with Gasteiger partial charge in [-0.05, 0) is 323 Å². The lowest BCUT2D eigenvalue weighted by Gasteiger charge is -2.36. The molecule has 136 heavy (non-hydrogen) atoms. The van der Waals surface area contributed by atoms with Crippen LogP contribution in [0.5, 0.6) is 0 Å². The third kappa shape index (κ3) is 34.2. The van der Waals surface area contributed by atoms with Gasteiger partial charge in [0.1, 0.15) is 39.9 Å². The number of carbonyl (C=O) groups is 15. The van der Waals surface area contributed by atoms with Crippen molar-refractivity contribution in [3.05, 3.63) is 138 Å². The molecule has 0 saturated heterocycles. The fraction of sp³-hybridized carbons (Fsp3) is 0.554. The second kappa shape index (κ2) is 47.6. The number of hydrogen-bond donors (Lipinski definition) is 14. The summed E-state index contributed by atoms with van der Waals surface area (Å²) in [5.41, 5.74) is -1.28. The number of rotatable bonds is 29. The van der Waals surface area contributed by atoms with E-state index < -0.39 is 129 Å². The van der Waals surface area contributed by atoms with Gasteiger partial charge in [0.05, 0.1) is 34.1 Å². The van der Waals surface area contributed by atoms with Gasteiger partial charge in [-0.15, -0.1) is 0 Å². The van der Waals surface area contributed by atoms with Gasteiger partial charge >= 0.3 is 72.0 Å². The molecular weight excluding hydrogens is 1750 g/mol. The zero-order valence-electron chi connectivity index (χ0n) is 83.8. The molecule has 14 amide bonds. The molecular formula is C101H144N14O21. The normalized spacial score (nSPS) is 14.1. The van der Waals surface area contributed by atoms with Gasteiger partial charge in [-0.1, -0.05) is 41.5 Å². The maximum Gasteiger partial charge on any atom is 0.319 e. The van der Waals surface area contributed by atoms with Gasteiger partial charge in [-0.25, -0.2) is 28.8 Å². The van der Waals surface area contributed by atoms with Crippen LogP contribution in [0.15, 0.2) is 54.6 Å². The second-order valence-corrected chi connectivity index (χ2v) is 40.1. The molecule has 0 fully saturated rings. The van der Waals surface area contributed by atoms with Gasteiger partial charge in [0.15, 0.2) is 0 Å². The Balaban J connectivity index is 1.49. The Bertz CT molecular complexity index is 4850. The van der Waals surface area contributed by atoms with Crippen LogP contribution in [-0.4, -0.2) is 135 Å². The number of anilines is 6. The molecule has 3 aliphatic heterocycles. The molecule has 35 nitrogen and oxygen atoms in total. The number of ether oxygens (including phenoxy) is 6. The number of amides is 14. The summed E-state index contributed by atoms with van der Waals surface area (Å²) < 4.78 is 34.4. The van der Waals surface area contributed by atoms with E-state index in [0.29, 0.717) is 92.3 Å². The van der Waals surface area contributed by atoms with Crippen LogP contribution in [0.4, 0.5) is 62.9 Å². The number of fused-ring (bicyclic) bond motifs is 18. The van der Waals surface area contributed by atoms with Gasteiger partial charge in [0, 0.05) is 106 Å². The molecule has 0 unspecified atom stereocenters. The highest BCUT2D eigenvalue weighted by Gasteiger charge is 2.40. The second-order valence-electron chi connectivity index (χ2n) is 40.1. The summed E-state index contributed by atoms with van der Waals surface area (Å²) in [6.45, 7) is 40.6. The van der Waals surface area contributed by atoms with Gasteiger partial charge < -0.3 is 103 Å². The quantitative estimate of drug-likeness (QED) is 0.0120. The lowest BCUT2D eigenvalue weighted by Crippen LogP contribution is -2.50. The Morgan fingerprint density at radius 3 is 0.647 bits per heavy atom. The summed E-state index contributed by atoms with van der Waals surface area (Å²) in [4.78, 5) is 216. The molecule has 8 rings (SSSR count). The fourth-order valence-corrected chi connectivity index (χ4v) is 16.8. The Hall–Kier alpha value is -12.9. The molecule has 0 radical (unpaired) electrons. The largest absolute Gasteiger partial charge is 0.460 e. The van der Waals surface area contributed by atoms with Crippen molar-refractivity contribution in [3.8, 4) is 0 Å². The smallest absolute Gasteiger partial charge is 0.319 e. The van der Waals surface area contributed by atoms with Crippen LogP contribution in [-0.2, 0) is 135 Å². The molecule has 6 bridgehead atoms. The van der Waals surface area contributed by atoms with E-state index in [-0.39, 0.29) is 186 Å². The Kier molecular flexibility index (Phi) is 38.5. The van der Waals surface area contributed by atoms with Crippen LogP contribution in [0.2, 0.25) is 0 Å². The predicted molar refractivity (Wildman–Crippen MR) is 520 cm³/mol. The maximum absolute atomic E-state index is 15.5. The van der Waals surface area contributed by atoms with Crippen molar-refractivity contribution in [1.82, 2.24) is 42.5 Å². The zero-order chi connectivity index (χ0) is 101. The first kappa shape index (κ1) is 110. The Labute approximate surface area is 798 Å². The lowest BCUT2D eigenvalue weighted by molar-refractivity contribution is -0.158. The van der Waals surface area contributed by atoms with E-state index in [1.807, 2.05) is 41.5 Å². The van der Waals surface area contributed by atoms with Crippen LogP contribution < -0.4 is 74.4 Å². The van der Waals surface area contributed by atoms with Crippen molar-refractivity contribution in [1.29, 1.82) is 0 Å². The minimum atomic E-state index is -1.53. The van der Waals surface area contributed by atoms with Crippen molar-refractivity contribution in [2.45, 2.75) is 366 Å². The van der Waals surface area contributed by atoms with Crippen LogP contribution in [0.3, 0.4) is 0 Å². The summed E-state index contributed by atoms with van der Waals surface area (Å²) >= 11 is 0. The molecule has 5 aromatic rings. The average molecular weight is 1890 g/mol. The fourth-order valence-electron chi connectivity index (χ4n) is 16.8. The van der Waals surface area contributed by atoms with Crippen LogP contribution >= 0.6 is 0 Å². The zero-order valence-corrected chi connectivity index (χ0v) is 83.8. The topological polar surface area (TPSA) is 480 Å². The van der Waals surface area contributed by atoms with Crippen molar-refractivity contribution in [2.75, 3.05) is 31.9 Å². The van der Waals surface area contributed by atoms with Gasteiger partial charge in [-0.3, -0.25) is 43.2 Å². The lowest BCUT2D eigenvalue weighted by atomic mass is 9.83. The van der Waals surface area contributed by atoms with E-state index >= 15 is 28.8 Å². The number of carbonyl (C=O) groups excluding carboxylic acids is 15. The first-order valence-electron chi connectivity index (χ1n) is 46.9. The standard InChI is InChI=1S/C101H144N14O21/c1-25-62-68-52-102-88(125)108-74-34-31-59(58-116)49-77(74)111-91(128)105-55-71-65(28-4)72-56-106-92(129)112-78-50-60(86(123)114-100(43-37-80(117)131-94(7,8)9,44-38-81(118)132-95(10,11)12)45-39-82(119)133-96(13,14)15)32-35-75(78)109-89(126)103-53-69(62)64(27-3)70(63(68)26-2)54-104-90(127)110-76-36-33-61(51-79(76)113-93(130)107-57-73(66(71)29-5)67(72)30-6)87(124)115-101(46-40-83(120)134-97(16,17)18,47-41-84(121)135-98(19,20)21)48-42-85(122)136-99(22,23)24/h31-36,49-51,58H,25-30,37-48,52-57H2,1-24H3,(H,114,123)(H,115,124)(H2,102,108,125)(H2,103,109,126)(H2,104,110,127)(H2,105,111,128)(H2,106,112,129)(H2,107,113,130). The molecule has 744 valence electrons. The van der Waals surface area contributed by atoms with E-state index in [0.717, 1.165) is 0 Å². The van der Waals surface area contributed by atoms with E-state index in [1.165, 1.54) is 54.6 Å². The number of hydrogen-bond acceptors (Lipinski definition) is 21. The molecule has 14 N–H and O–H groups in total. The minimum absolute atomic E-state index is 0.0229. The predicted octanol–water partition coefficient (Wildman–Crippen LogP) is 17.1. The van der Waals surface area contributed by atoms with E-state index in [1.54, 1.807) is 125 Å². The summed E-state index contributed by atoms with van der Waals surface area (Å²) in [5, 5.41) is 41.5. The van der Waals surface area contributed by atoms with Gasteiger partial charge in [-0.2, -0.15) is 0 Å². The highest BCUT2D eigenvalue weighted by atomic mass is 16.6. The first-order valence-corrected chi connectivity index (χ1v) is 46.9. The summed E-state index contributed by atoms with van der Waals surface area (Å²) in [6, 6.07) is 7.73. The third-order valence-electron chi connectivity index (χ3n) is 22.4. The number of urea groups is 6. The summed E-state index contributed by atoms with van der Waals surface area (Å²) in [7, 11) is 0. The monoisotopic (exact) mass is 1890 g/mol. The van der Waals surface area contributed by atoms with Crippen LogP contribution in [0, 0.1) is 0 Å². The van der Waals surface area contributed by atoms with Crippen molar-refractivity contribution in [3.63, 3.8) is 0 Å². The number of nitrogens with one attached hydrogen (secondary N) is 14. The van der Waals surface area contributed by atoms with E-state index in [4.69, 9.17) is 28.4 Å². The molecule has 3 aliphatic rings. The van der Waals surface area contributed by atoms with Gasteiger partial charge in [0.25, 0.3) is 11.8 Å². The van der Waals surface area contributed by atoms with Crippen molar-refractivity contribution in [2.24, 2.45) is 0 Å². The number of esters is 6. The highest BCUT2D eigenvalue weighted by Crippen LogP contribution is 2.38. The molecule has 0 spiro atoms.